The highest BCUT2D eigenvalue weighted by atomic mass is 35.5. The molecule has 7 heteroatoms. The number of carboxylic acid groups (broad SMARTS) is 1. The lowest BCUT2D eigenvalue weighted by atomic mass is 10.0. The van der Waals surface area contributed by atoms with E-state index in [1.54, 1.807) is 12.1 Å². The van der Waals surface area contributed by atoms with E-state index in [0.29, 0.717) is 21.2 Å². The number of carbonyl (C=O) groups is 1. The minimum atomic E-state index is -1.18. The number of pyridine rings is 1. The van der Waals surface area contributed by atoms with Gasteiger partial charge < -0.3 is 10.8 Å². The van der Waals surface area contributed by atoms with Crippen molar-refractivity contribution >= 4 is 40.7 Å². The van der Waals surface area contributed by atoms with Gasteiger partial charge in [0.05, 0.1) is 15.8 Å². The molecule has 20 heavy (non-hydrogen) atoms. The molecule has 0 unspecified atom stereocenters. The topological polar surface area (TPSA) is 100 Å². The van der Waals surface area contributed by atoms with Crippen LogP contribution >= 0.6 is 23.2 Å². The summed E-state index contributed by atoms with van der Waals surface area (Å²) in [4.78, 5) is 14.5. The van der Waals surface area contributed by atoms with Gasteiger partial charge in [-0.05, 0) is 24.3 Å². The van der Waals surface area contributed by atoms with Crippen molar-refractivity contribution in [3.05, 3.63) is 57.2 Å². The van der Waals surface area contributed by atoms with E-state index in [1.807, 2.05) is 0 Å². The van der Waals surface area contributed by atoms with E-state index in [4.69, 9.17) is 39.5 Å². The maximum absolute atomic E-state index is 10.8. The monoisotopic (exact) mass is 309 g/mol. The van der Waals surface area contributed by atoms with Crippen molar-refractivity contribution in [3.8, 4) is 0 Å². The number of rotatable bonds is 3. The fraction of sp³-hybridized carbons (Fsp3) is 0. The molecule has 0 bridgehead atoms. The Morgan fingerprint density at radius 1 is 1.20 bits per heavy atom. The highest BCUT2D eigenvalue weighted by Gasteiger charge is 2.13. The van der Waals surface area contributed by atoms with Crippen LogP contribution in [0.1, 0.15) is 21.6 Å². The molecular weight excluding hydrogens is 301 g/mol. The largest absolute Gasteiger partial charge is 0.477 e. The fourth-order valence-corrected chi connectivity index (χ4v) is 1.91. The Hall–Kier alpha value is -2.11. The van der Waals surface area contributed by atoms with Crippen LogP contribution in [-0.4, -0.2) is 21.8 Å². The molecule has 0 saturated heterocycles. The number of anilines is 1. The number of nitrogen functional groups attached to an aromatic ring is 1. The van der Waals surface area contributed by atoms with Gasteiger partial charge in [-0.3, -0.25) is 5.41 Å². The first-order valence-corrected chi connectivity index (χ1v) is 6.20. The van der Waals surface area contributed by atoms with Crippen LogP contribution in [-0.2, 0) is 0 Å². The summed E-state index contributed by atoms with van der Waals surface area (Å²) in [6.45, 7) is 0. The fourth-order valence-electron chi connectivity index (χ4n) is 1.61. The Morgan fingerprint density at radius 2 is 1.90 bits per heavy atom. The molecule has 102 valence electrons. The summed E-state index contributed by atoms with van der Waals surface area (Å²) in [5.41, 5.74) is 6.44. The molecular formula is C13H9Cl2N3O2. The predicted molar refractivity (Wildman–Crippen MR) is 78.0 cm³/mol. The quantitative estimate of drug-likeness (QED) is 0.758. The second-order valence-corrected chi connectivity index (χ2v) is 4.75. The number of hydrogen-bond donors (Lipinski definition) is 3. The maximum Gasteiger partial charge on any atom is 0.354 e. The summed E-state index contributed by atoms with van der Waals surface area (Å²) in [6.07, 6.45) is 0. The molecule has 1 aromatic carbocycles. The van der Waals surface area contributed by atoms with Crippen molar-refractivity contribution in [1.82, 2.24) is 4.98 Å². The third-order valence-electron chi connectivity index (χ3n) is 2.62. The summed E-state index contributed by atoms with van der Waals surface area (Å²) < 4.78 is 0. The van der Waals surface area contributed by atoms with E-state index in [2.05, 4.69) is 4.98 Å². The summed E-state index contributed by atoms with van der Waals surface area (Å²) in [5, 5.41) is 17.6. The zero-order valence-corrected chi connectivity index (χ0v) is 11.5. The number of hydrogen-bond acceptors (Lipinski definition) is 4. The molecule has 2 aromatic rings. The van der Waals surface area contributed by atoms with Gasteiger partial charge in [0.1, 0.15) is 5.82 Å². The molecule has 4 N–H and O–H groups in total. The number of nitrogens with one attached hydrogen (secondary N) is 1. The van der Waals surface area contributed by atoms with Crippen LogP contribution in [0.2, 0.25) is 10.0 Å². The van der Waals surface area contributed by atoms with E-state index < -0.39 is 5.97 Å². The van der Waals surface area contributed by atoms with Crippen molar-refractivity contribution < 1.29 is 9.90 Å². The van der Waals surface area contributed by atoms with Crippen LogP contribution in [0.15, 0.2) is 30.3 Å². The van der Waals surface area contributed by atoms with Gasteiger partial charge in [0.2, 0.25) is 0 Å². The van der Waals surface area contributed by atoms with Gasteiger partial charge in [-0.1, -0.05) is 29.3 Å². The number of aromatic carboxylic acids is 1. The highest BCUT2D eigenvalue weighted by molar-refractivity contribution is 6.42. The molecule has 0 radical (unpaired) electrons. The lowest BCUT2D eigenvalue weighted by Crippen LogP contribution is -2.10. The van der Waals surface area contributed by atoms with Crippen LogP contribution in [0.4, 0.5) is 5.82 Å². The predicted octanol–water partition coefficient (Wildman–Crippen LogP) is 3.08. The molecule has 2 rings (SSSR count). The van der Waals surface area contributed by atoms with E-state index in [-0.39, 0.29) is 17.2 Å². The van der Waals surface area contributed by atoms with Crippen LogP contribution in [0.3, 0.4) is 0 Å². The maximum atomic E-state index is 10.8. The van der Waals surface area contributed by atoms with Gasteiger partial charge in [0.25, 0.3) is 0 Å². The highest BCUT2D eigenvalue weighted by Crippen LogP contribution is 2.24. The van der Waals surface area contributed by atoms with Crippen molar-refractivity contribution in [2.45, 2.75) is 0 Å². The van der Waals surface area contributed by atoms with Crippen LogP contribution in [0.5, 0.6) is 0 Å². The molecule has 0 atom stereocenters. The van der Waals surface area contributed by atoms with E-state index in [0.717, 1.165) is 0 Å². The van der Waals surface area contributed by atoms with Gasteiger partial charge in [0.15, 0.2) is 5.69 Å². The number of nitrogens with two attached hydrogens (primary N) is 1. The lowest BCUT2D eigenvalue weighted by Gasteiger charge is -2.08. The number of carboxylic acids is 1. The molecule has 0 aliphatic rings. The first-order valence-electron chi connectivity index (χ1n) is 5.44. The number of halogens is 2. The molecule has 1 heterocycles. The molecule has 0 spiro atoms. The lowest BCUT2D eigenvalue weighted by molar-refractivity contribution is 0.0690. The Labute approximate surface area is 124 Å². The van der Waals surface area contributed by atoms with E-state index in [9.17, 15) is 4.79 Å². The van der Waals surface area contributed by atoms with Gasteiger partial charge in [-0.25, -0.2) is 9.78 Å². The first-order chi connectivity index (χ1) is 9.40. The molecule has 0 aliphatic heterocycles. The van der Waals surface area contributed by atoms with Gasteiger partial charge in [-0.2, -0.15) is 0 Å². The van der Waals surface area contributed by atoms with Crippen molar-refractivity contribution in [2.24, 2.45) is 0 Å². The average Bonchev–Trinajstić information content (AvgIpc) is 2.41. The Bertz CT molecular complexity index is 717. The van der Waals surface area contributed by atoms with E-state index in [1.165, 1.54) is 18.2 Å². The minimum Gasteiger partial charge on any atom is -0.477 e. The second-order valence-electron chi connectivity index (χ2n) is 3.94. The van der Waals surface area contributed by atoms with E-state index >= 15 is 0 Å². The average molecular weight is 310 g/mol. The molecule has 0 aliphatic carbocycles. The zero-order valence-electron chi connectivity index (χ0n) is 10.0. The molecule has 0 fully saturated rings. The molecule has 5 nitrogen and oxygen atoms in total. The molecule has 1 aromatic heterocycles. The Balaban J connectivity index is 2.43. The Kier molecular flexibility index (Phi) is 3.92. The third-order valence-corrected chi connectivity index (χ3v) is 3.36. The summed E-state index contributed by atoms with van der Waals surface area (Å²) in [7, 11) is 0. The summed E-state index contributed by atoms with van der Waals surface area (Å²) in [5.74, 6) is -1.20. The van der Waals surface area contributed by atoms with Gasteiger partial charge >= 0.3 is 5.97 Å². The second kappa shape index (κ2) is 5.48. The van der Waals surface area contributed by atoms with Crippen molar-refractivity contribution in [1.29, 1.82) is 5.41 Å². The van der Waals surface area contributed by atoms with Crippen LogP contribution < -0.4 is 5.73 Å². The zero-order chi connectivity index (χ0) is 14.9. The van der Waals surface area contributed by atoms with Crippen molar-refractivity contribution in [2.75, 3.05) is 5.73 Å². The first kappa shape index (κ1) is 14.3. The number of aromatic nitrogens is 1. The van der Waals surface area contributed by atoms with Crippen LogP contribution in [0, 0.1) is 5.41 Å². The SMILES string of the molecule is N=C(c1ccc(Cl)c(Cl)c1)c1ccc(C(=O)O)nc1N. The summed E-state index contributed by atoms with van der Waals surface area (Å²) >= 11 is 11.7. The Morgan fingerprint density at radius 3 is 2.45 bits per heavy atom. The normalized spacial score (nSPS) is 10.3. The number of nitrogens with zero attached hydrogens (tertiary/aromatic N) is 1. The van der Waals surface area contributed by atoms with Gasteiger partial charge in [0, 0.05) is 11.1 Å². The van der Waals surface area contributed by atoms with Crippen molar-refractivity contribution in [3.63, 3.8) is 0 Å². The summed E-state index contributed by atoms with van der Waals surface area (Å²) in [6, 6.07) is 7.47. The number of benzene rings is 1. The van der Waals surface area contributed by atoms with Crippen LogP contribution in [0.25, 0.3) is 0 Å². The minimum absolute atomic E-state index is 0.0269. The standard InChI is InChI=1S/C13H9Cl2N3O2/c14-8-3-1-6(5-9(8)15)11(16)7-2-4-10(13(19)20)18-12(7)17/h1-5,16H,(H2,17,18)(H,19,20). The molecule has 0 amide bonds. The smallest absolute Gasteiger partial charge is 0.354 e. The molecule has 0 saturated carbocycles. The third kappa shape index (κ3) is 2.74. The van der Waals surface area contributed by atoms with Gasteiger partial charge in [-0.15, -0.1) is 0 Å².